The number of amides is 2. The molecule has 26 heavy (non-hydrogen) atoms. The number of fused-ring (bicyclic) bond motifs is 1. The van der Waals surface area contributed by atoms with E-state index in [0.29, 0.717) is 17.3 Å². The van der Waals surface area contributed by atoms with Crippen molar-refractivity contribution in [1.82, 2.24) is 4.90 Å². The van der Waals surface area contributed by atoms with E-state index in [9.17, 15) is 9.59 Å². The first kappa shape index (κ1) is 17.1. The predicted octanol–water partition coefficient (Wildman–Crippen LogP) is 3.84. The van der Waals surface area contributed by atoms with Crippen molar-refractivity contribution in [3.63, 3.8) is 0 Å². The minimum absolute atomic E-state index is 0.0367. The molecule has 4 rings (SSSR count). The number of rotatable bonds is 3. The van der Waals surface area contributed by atoms with Crippen LogP contribution in [-0.4, -0.2) is 30.3 Å². The Morgan fingerprint density at radius 2 is 1.88 bits per heavy atom. The first-order valence-corrected chi connectivity index (χ1v) is 9.33. The second-order valence-electron chi connectivity index (χ2n) is 7.06. The lowest BCUT2D eigenvalue weighted by Crippen LogP contribution is -2.36. The first-order chi connectivity index (χ1) is 12.6. The van der Waals surface area contributed by atoms with Gasteiger partial charge in [-0.15, -0.1) is 0 Å². The molecule has 5 heteroatoms. The van der Waals surface area contributed by atoms with E-state index in [1.165, 1.54) is 11.1 Å². The summed E-state index contributed by atoms with van der Waals surface area (Å²) >= 11 is 6.23. The first-order valence-electron chi connectivity index (χ1n) is 8.95. The van der Waals surface area contributed by atoms with Crippen molar-refractivity contribution in [2.24, 2.45) is 5.92 Å². The fourth-order valence-corrected chi connectivity index (χ4v) is 4.39. The number of anilines is 1. The number of nitrogens with zero attached hydrogens (tertiary/aromatic N) is 2. The number of hydrogen-bond donors (Lipinski definition) is 0. The maximum absolute atomic E-state index is 13.1. The summed E-state index contributed by atoms with van der Waals surface area (Å²) in [7, 11) is 1.86. The van der Waals surface area contributed by atoms with E-state index in [1.807, 2.05) is 42.3 Å². The molecule has 2 aliphatic rings. The van der Waals surface area contributed by atoms with E-state index in [-0.39, 0.29) is 30.2 Å². The number of halogens is 1. The van der Waals surface area contributed by atoms with Gasteiger partial charge in [0.05, 0.1) is 22.7 Å². The minimum atomic E-state index is -0.323. The van der Waals surface area contributed by atoms with Crippen LogP contribution in [0.3, 0.4) is 0 Å². The Kier molecular flexibility index (Phi) is 4.45. The lowest BCUT2D eigenvalue weighted by Gasteiger charge is -2.28. The molecule has 0 spiro atoms. The van der Waals surface area contributed by atoms with Crippen molar-refractivity contribution >= 4 is 29.1 Å². The van der Waals surface area contributed by atoms with E-state index in [0.717, 1.165) is 12.8 Å². The molecule has 0 radical (unpaired) electrons. The number of carbonyl (C=O) groups excluding carboxylic acids is 2. The molecular formula is C21H21ClN2O2. The molecular weight excluding hydrogens is 348 g/mol. The maximum atomic E-state index is 13.1. The lowest BCUT2D eigenvalue weighted by atomic mass is 10.0. The van der Waals surface area contributed by atoms with Gasteiger partial charge in [-0.25, -0.2) is 0 Å². The van der Waals surface area contributed by atoms with Gasteiger partial charge in [-0.05, 0) is 36.1 Å². The summed E-state index contributed by atoms with van der Waals surface area (Å²) in [4.78, 5) is 29.0. The highest BCUT2D eigenvalue weighted by atomic mass is 35.5. The zero-order valence-corrected chi connectivity index (χ0v) is 15.4. The van der Waals surface area contributed by atoms with E-state index in [4.69, 9.17) is 11.6 Å². The van der Waals surface area contributed by atoms with Gasteiger partial charge in [0, 0.05) is 20.0 Å². The maximum Gasteiger partial charge on any atom is 0.228 e. The smallest absolute Gasteiger partial charge is 0.228 e. The van der Waals surface area contributed by atoms with Gasteiger partial charge < -0.3 is 9.80 Å². The third kappa shape index (κ3) is 2.88. The number of hydrogen-bond acceptors (Lipinski definition) is 2. The Balaban J connectivity index is 1.51. The Hall–Kier alpha value is -2.33. The highest BCUT2D eigenvalue weighted by Gasteiger charge is 2.39. The van der Waals surface area contributed by atoms with Crippen molar-refractivity contribution in [3.05, 3.63) is 64.7 Å². The summed E-state index contributed by atoms with van der Waals surface area (Å²) in [6.07, 6.45) is 2.17. The van der Waals surface area contributed by atoms with Crippen LogP contribution in [0.1, 0.15) is 30.0 Å². The van der Waals surface area contributed by atoms with E-state index in [2.05, 4.69) is 12.1 Å². The van der Waals surface area contributed by atoms with Crippen molar-refractivity contribution < 1.29 is 9.59 Å². The fraction of sp³-hybridized carbons (Fsp3) is 0.333. The lowest BCUT2D eigenvalue weighted by molar-refractivity contribution is -0.136. The average molecular weight is 369 g/mol. The third-order valence-corrected chi connectivity index (χ3v) is 5.85. The van der Waals surface area contributed by atoms with Gasteiger partial charge in [0.25, 0.3) is 0 Å². The van der Waals surface area contributed by atoms with Gasteiger partial charge in [0.15, 0.2) is 0 Å². The van der Waals surface area contributed by atoms with Crippen LogP contribution < -0.4 is 4.90 Å². The number of carbonyl (C=O) groups is 2. The van der Waals surface area contributed by atoms with Gasteiger partial charge in [0.1, 0.15) is 0 Å². The third-order valence-electron chi connectivity index (χ3n) is 5.53. The SMILES string of the molecule is CN(C(=O)C1CC(=O)N(c2ccccc2Cl)C1)C1CCc2ccccc21. The molecule has 1 heterocycles. The standard InChI is InChI=1S/C21H21ClN2O2/c1-23(18-11-10-14-6-2-3-7-16(14)18)21(26)15-12-20(25)24(13-15)19-9-5-4-8-17(19)22/h2-9,15,18H,10-13H2,1H3. The number of benzene rings is 2. The van der Waals surface area contributed by atoms with Crippen LogP contribution in [-0.2, 0) is 16.0 Å². The number of aryl methyl sites for hydroxylation is 1. The molecule has 1 fully saturated rings. The van der Waals surface area contributed by atoms with Gasteiger partial charge in [-0.2, -0.15) is 0 Å². The zero-order valence-electron chi connectivity index (χ0n) is 14.7. The molecule has 1 aliphatic carbocycles. The molecule has 134 valence electrons. The molecule has 2 aromatic rings. The summed E-state index contributed by atoms with van der Waals surface area (Å²) in [6.45, 7) is 0.389. The molecule has 2 amide bonds. The van der Waals surface area contributed by atoms with Crippen LogP contribution in [0, 0.1) is 5.92 Å². The molecule has 2 atom stereocenters. The van der Waals surface area contributed by atoms with Crippen molar-refractivity contribution in [2.75, 3.05) is 18.5 Å². The minimum Gasteiger partial charge on any atom is -0.338 e. The molecule has 0 aromatic heterocycles. The van der Waals surface area contributed by atoms with Crippen molar-refractivity contribution in [2.45, 2.75) is 25.3 Å². The normalized spacial score (nSPS) is 21.8. The van der Waals surface area contributed by atoms with Crippen molar-refractivity contribution in [1.29, 1.82) is 0 Å². The molecule has 1 saturated heterocycles. The van der Waals surface area contributed by atoms with Crippen LogP contribution in [0.5, 0.6) is 0 Å². The Morgan fingerprint density at radius 3 is 2.69 bits per heavy atom. The summed E-state index contributed by atoms with van der Waals surface area (Å²) in [5.74, 6) is -0.331. The molecule has 4 nitrogen and oxygen atoms in total. The molecule has 0 N–H and O–H groups in total. The summed E-state index contributed by atoms with van der Waals surface area (Å²) < 4.78 is 0. The Bertz CT molecular complexity index is 867. The van der Waals surface area contributed by atoms with E-state index < -0.39 is 0 Å². The predicted molar refractivity (Wildman–Crippen MR) is 102 cm³/mol. The highest BCUT2D eigenvalue weighted by Crippen LogP contribution is 2.37. The van der Waals surface area contributed by atoms with E-state index in [1.54, 1.807) is 11.0 Å². The summed E-state index contributed by atoms with van der Waals surface area (Å²) in [5.41, 5.74) is 3.23. The largest absolute Gasteiger partial charge is 0.338 e. The Morgan fingerprint density at radius 1 is 1.15 bits per heavy atom. The van der Waals surface area contributed by atoms with Crippen LogP contribution in [0.25, 0.3) is 0 Å². The molecule has 0 saturated carbocycles. The molecule has 0 bridgehead atoms. The Labute approximate surface area is 158 Å². The molecule has 2 aromatic carbocycles. The molecule has 2 unspecified atom stereocenters. The topological polar surface area (TPSA) is 40.6 Å². The average Bonchev–Trinajstić information content (AvgIpc) is 3.25. The van der Waals surface area contributed by atoms with Crippen LogP contribution in [0.2, 0.25) is 5.02 Å². The van der Waals surface area contributed by atoms with Crippen LogP contribution >= 0.6 is 11.6 Å². The van der Waals surface area contributed by atoms with Gasteiger partial charge in [-0.3, -0.25) is 9.59 Å². The zero-order chi connectivity index (χ0) is 18.3. The van der Waals surface area contributed by atoms with Crippen LogP contribution in [0.4, 0.5) is 5.69 Å². The second kappa shape index (κ2) is 6.76. The number of para-hydroxylation sites is 1. The van der Waals surface area contributed by atoms with Crippen molar-refractivity contribution in [3.8, 4) is 0 Å². The highest BCUT2D eigenvalue weighted by molar-refractivity contribution is 6.33. The van der Waals surface area contributed by atoms with Gasteiger partial charge in [-0.1, -0.05) is 48.0 Å². The van der Waals surface area contributed by atoms with Gasteiger partial charge >= 0.3 is 0 Å². The van der Waals surface area contributed by atoms with Crippen LogP contribution in [0.15, 0.2) is 48.5 Å². The van der Waals surface area contributed by atoms with E-state index >= 15 is 0 Å². The fourth-order valence-electron chi connectivity index (χ4n) is 4.15. The quantitative estimate of drug-likeness (QED) is 0.825. The summed E-state index contributed by atoms with van der Waals surface area (Å²) in [6, 6.07) is 15.7. The second-order valence-corrected chi connectivity index (χ2v) is 7.47. The monoisotopic (exact) mass is 368 g/mol. The summed E-state index contributed by atoms with van der Waals surface area (Å²) in [5, 5.41) is 0.534. The molecule has 1 aliphatic heterocycles. The van der Waals surface area contributed by atoms with Gasteiger partial charge in [0.2, 0.25) is 11.8 Å².